The molecule has 0 bridgehead atoms. The summed E-state index contributed by atoms with van der Waals surface area (Å²) in [7, 11) is 0. The van der Waals surface area contributed by atoms with E-state index in [9.17, 15) is 0 Å². The Balaban J connectivity index is 0.000000213. The number of pyridine rings is 4. The second-order valence-corrected chi connectivity index (χ2v) is 6.85. The van der Waals surface area contributed by atoms with Gasteiger partial charge in [0.05, 0.1) is 34.2 Å². The van der Waals surface area contributed by atoms with Crippen LogP contribution in [0.3, 0.4) is 0 Å². The first-order valence-corrected chi connectivity index (χ1v) is 9.73. The Labute approximate surface area is 205 Å². The zero-order valence-electron chi connectivity index (χ0n) is 16.2. The molecule has 0 aliphatic rings. The van der Waals surface area contributed by atoms with Crippen LogP contribution < -0.4 is 11.5 Å². The number of aromatic nitrogens is 4. The molecule has 31 heavy (non-hydrogen) atoms. The molecule has 0 aliphatic heterocycles. The van der Waals surface area contributed by atoms with E-state index in [0.29, 0.717) is 21.4 Å². The monoisotopic (exact) mass is 625 g/mol. The Morgan fingerprint density at radius 3 is 1.26 bits per heavy atom. The molecule has 0 fully saturated rings. The molecule has 4 N–H and O–H groups in total. The minimum Gasteiger partial charge on any atom is -0.388 e. The summed E-state index contributed by atoms with van der Waals surface area (Å²) in [6.07, 6.45) is 3.45. The molecule has 158 valence electrons. The number of hydrogen-bond donors (Lipinski definition) is 2. The molecule has 6 nitrogen and oxygen atoms in total. The van der Waals surface area contributed by atoms with Gasteiger partial charge in [-0.1, -0.05) is 48.7 Å². The van der Waals surface area contributed by atoms with Crippen LogP contribution in [0.25, 0.3) is 22.8 Å². The summed E-state index contributed by atoms with van der Waals surface area (Å²) in [6.45, 7) is 0. The Bertz CT molecular complexity index is 1060. The van der Waals surface area contributed by atoms with Gasteiger partial charge in [-0.2, -0.15) is 0 Å². The van der Waals surface area contributed by atoms with Crippen molar-refractivity contribution in [1.82, 2.24) is 19.9 Å². The third kappa shape index (κ3) is 7.06. The van der Waals surface area contributed by atoms with E-state index in [4.69, 9.17) is 35.9 Å². The van der Waals surface area contributed by atoms with Crippen molar-refractivity contribution in [1.29, 1.82) is 0 Å². The Hall–Kier alpha value is -2.93. The number of rotatable bonds is 4. The van der Waals surface area contributed by atoms with Gasteiger partial charge in [-0.15, -0.1) is 0 Å². The third-order valence-electron chi connectivity index (χ3n) is 3.86. The SMILES string of the molecule is NC(=S)c1cccc(-c2ccccn2)n1.NC(=S)c1cccc(-c2ccccn2)n1.[Pt]. The first kappa shape index (κ1) is 24.3. The molecule has 0 spiro atoms. The largest absolute Gasteiger partial charge is 0.388 e. The molecule has 0 saturated carbocycles. The van der Waals surface area contributed by atoms with Crippen molar-refractivity contribution >= 4 is 34.4 Å². The summed E-state index contributed by atoms with van der Waals surface area (Å²) in [6, 6.07) is 22.4. The van der Waals surface area contributed by atoms with E-state index in [-0.39, 0.29) is 21.1 Å². The fourth-order valence-electron chi connectivity index (χ4n) is 2.46. The van der Waals surface area contributed by atoms with Gasteiger partial charge >= 0.3 is 0 Å². The van der Waals surface area contributed by atoms with Crippen LogP contribution in [0.4, 0.5) is 0 Å². The van der Waals surface area contributed by atoms with Gasteiger partial charge in [0.2, 0.25) is 0 Å². The summed E-state index contributed by atoms with van der Waals surface area (Å²) in [5.41, 5.74) is 15.4. The van der Waals surface area contributed by atoms with Gasteiger partial charge in [0.25, 0.3) is 0 Å². The molecule has 0 aliphatic carbocycles. The van der Waals surface area contributed by atoms with E-state index in [0.717, 1.165) is 22.8 Å². The Morgan fingerprint density at radius 1 is 0.548 bits per heavy atom. The van der Waals surface area contributed by atoms with Crippen LogP contribution in [-0.4, -0.2) is 29.9 Å². The predicted molar refractivity (Wildman–Crippen MR) is 127 cm³/mol. The average molecular weight is 626 g/mol. The smallest absolute Gasteiger partial charge is 0.122 e. The van der Waals surface area contributed by atoms with Gasteiger partial charge in [0.1, 0.15) is 9.98 Å². The van der Waals surface area contributed by atoms with Gasteiger partial charge < -0.3 is 11.5 Å². The van der Waals surface area contributed by atoms with Gasteiger partial charge in [-0.3, -0.25) is 9.97 Å². The van der Waals surface area contributed by atoms with Crippen LogP contribution in [0.15, 0.2) is 85.2 Å². The van der Waals surface area contributed by atoms with Crippen LogP contribution >= 0.6 is 24.4 Å². The van der Waals surface area contributed by atoms with Crippen LogP contribution in [-0.2, 0) is 21.1 Å². The molecular formula is C22H18N6PtS2. The minimum absolute atomic E-state index is 0. The second-order valence-electron chi connectivity index (χ2n) is 5.97. The molecule has 0 saturated heterocycles. The molecule has 4 aromatic rings. The van der Waals surface area contributed by atoms with E-state index in [1.165, 1.54) is 0 Å². The molecular weight excluding hydrogens is 607 g/mol. The summed E-state index contributed by atoms with van der Waals surface area (Å²) in [5, 5.41) is 0. The van der Waals surface area contributed by atoms with Crippen molar-refractivity contribution < 1.29 is 21.1 Å². The number of hydrogen-bond acceptors (Lipinski definition) is 6. The molecule has 4 heterocycles. The first-order chi connectivity index (χ1) is 14.5. The number of nitrogens with two attached hydrogens (primary N) is 2. The summed E-state index contributed by atoms with van der Waals surface area (Å²) >= 11 is 9.73. The zero-order chi connectivity index (χ0) is 21.3. The molecule has 0 amide bonds. The van der Waals surface area contributed by atoms with Crippen LogP contribution in [0.1, 0.15) is 11.4 Å². The van der Waals surface area contributed by atoms with Crippen molar-refractivity contribution in [2.75, 3.05) is 0 Å². The van der Waals surface area contributed by atoms with E-state index < -0.39 is 0 Å². The molecule has 0 atom stereocenters. The van der Waals surface area contributed by atoms with Crippen molar-refractivity contribution in [3.63, 3.8) is 0 Å². The predicted octanol–water partition coefficient (Wildman–Crippen LogP) is 3.55. The molecule has 4 aromatic heterocycles. The zero-order valence-corrected chi connectivity index (χ0v) is 20.1. The quantitative estimate of drug-likeness (QED) is 0.332. The van der Waals surface area contributed by atoms with Crippen LogP contribution in [0.2, 0.25) is 0 Å². The number of thiocarbonyl (C=S) groups is 2. The molecule has 0 unspecified atom stereocenters. The summed E-state index contributed by atoms with van der Waals surface area (Å²) in [4.78, 5) is 17.6. The molecule has 4 rings (SSSR count). The van der Waals surface area contributed by atoms with Gasteiger partial charge in [0, 0.05) is 33.5 Å². The molecule has 9 heteroatoms. The van der Waals surface area contributed by atoms with Crippen molar-refractivity contribution in [2.45, 2.75) is 0 Å². The summed E-state index contributed by atoms with van der Waals surface area (Å²) in [5.74, 6) is 0. The summed E-state index contributed by atoms with van der Waals surface area (Å²) < 4.78 is 0. The first-order valence-electron chi connectivity index (χ1n) is 8.91. The average Bonchev–Trinajstić information content (AvgIpc) is 2.81. The maximum Gasteiger partial charge on any atom is 0.122 e. The van der Waals surface area contributed by atoms with Crippen molar-refractivity contribution in [3.05, 3.63) is 96.6 Å². The second kappa shape index (κ2) is 12.1. The van der Waals surface area contributed by atoms with E-state index in [2.05, 4.69) is 19.9 Å². The molecule has 0 aromatic carbocycles. The standard InChI is InChI=1S/2C11H9N3S.Pt/c2*12-11(15)10-6-3-5-9(14-10)8-4-1-2-7-13-8;/h2*1-7H,(H2,12,15);. The number of nitrogens with zero attached hydrogens (tertiary/aromatic N) is 4. The Morgan fingerprint density at radius 2 is 0.935 bits per heavy atom. The van der Waals surface area contributed by atoms with Crippen molar-refractivity contribution in [2.24, 2.45) is 11.5 Å². The van der Waals surface area contributed by atoms with E-state index in [1.54, 1.807) is 24.5 Å². The van der Waals surface area contributed by atoms with Crippen LogP contribution in [0, 0.1) is 0 Å². The maximum atomic E-state index is 5.51. The normalized spacial score (nSPS) is 9.55. The van der Waals surface area contributed by atoms with Gasteiger partial charge in [0.15, 0.2) is 0 Å². The van der Waals surface area contributed by atoms with Gasteiger partial charge in [-0.25, -0.2) is 9.97 Å². The minimum atomic E-state index is 0. The van der Waals surface area contributed by atoms with E-state index in [1.807, 2.05) is 60.7 Å². The van der Waals surface area contributed by atoms with Gasteiger partial charge in [-0.05, 0) is 48.5 Å². The third-order valence-corrected chi connectivity index (χ3v) is 4.28. The Kier molecular flexibility index (Phi) is 9.46. The maximum absolute atomic E-state index is 5.51. The molecule has 0 radical (unpaired) electrons. The van der Waals surface area contributed by atoms with E-state index >= 15 is 0 Å². The fraction of sp³-hybridized carbons (Fsp3) is 0. The topological polar surface area (TPSA) is 104 Å². The van der Waals surface area contributed by atoms with Crippen molar-refractivity contribution in [3.8, 4) is 22.8 Å². The fourth-order valence-corrected chi connectivity index (χ4v) is 2.69. The van der Waals surface area contributed by atoms with Crippen LogP contribution in [0.5, 0.6) is 0 Å².